The zero-order chi connectivity index (χ0) is 14.4. The molecule has 0 saturated heterocycles. The van der Waals surface area contributed by atoms with Crippen LogP contribution in [0.15, 0.2) is 18.2 Å². The molecule has 1 rings (SSSR count). The van der Waals surface area contributed by atoms with Crippen LogP contribution in [-0.2, 0) is 16.1 Å². The fourth-order valence-corrected chi connectivity index (χ4v) is 1.78. The van der Waals surface area contributed by atoms with Gasteiger partial charge in [0.2, 0.25) is 0 Å². The summed E-state index contributed by atoms with van der Waals surface area (Å²) in [6.07, 6.45) is 0. The summed E-state index contributed by atoms with van der Waals surface area (Å²) in [7, 11) is 0. The molecule has 0 atom stereocenters. The van der Waals surface area contributed by atoms with Gasteiger partial charge in [0, 0.05) is 12.6 Å². The Hall–Kier alpha value is -1.13. The SMILES string of the molecule is CCOC(=O)CN(Cc1ccc(Cl)c(F)c1)C(C)C. The molecule has 3 nitrogen and oxygen atoms in total. The molecule has 1 aromatic carbocycles. The van der Waals surface area contributed by atoms with Crippen molar-refractivity contribution in [3.63, 3.8) is 0 Å². The molecule has 0 bridgehead atoms. The number of ether oxygens (including phenoxy) is 1. The highest BCUT2D eigenvalue weighted by Gasteiger charge is 2.15. The van der Waals surface area contributed by atoms with Crippen molar-refractivity contribution >= 4 is 17.6 Å². The normalized spacial score (nSPS) is 11.1. The summed E-state index contributed by atoms with van der Waals surface area (Å²) in [6.45, 7) is 6.75. The predicted molar refractivity (Wildman–Crippen MR) is 73.6 cm³/mol. The van der Waals surface area contributed by atoms with Crippen LogP contribution in [-0.4, -0.2) is 30.1 Å². The Morgan fingerprint density at radius 2 is 2.16 bits per heavy atom. The average molecular weight is 288 g/mol. The maximum Gasteiger partial charge on any atom is 0.320 e. The maximum atomic E-state index is 13.4. The first-order valence-corrected chi connectivity index (χ1v) is 6.65. The third-order valence-electron chi connectivity index (χ3n) is 2.74. The Labute approximate surface area is 118 Å². The molecular weight excluding hydrogens is 269 g/mol. The van der Waals surface area contributed by atoms with Crippen LogP contribution in [0.4, 0.5) is 4.39 Å². The van der Waals surface area contributed by atoms with E-state index in [2.05, 4.69) is 0 Å². The molecule has 0 N–H and O–H groups in total. The molecule has 0 saturated carbocycles. The molecule has 0 aliphatic carbocycles. The average Bonchev–Trinajstić information content (AvgIpc) is 2.33. The van der Waals surface area contributed by atoms with Gasteiger partial charge in [-0.2, -0.15) is 0 Å². The molecule has 0 radical (unpaired) electrons. The van der Waals surface area contributed by atoms with Crippen molar-refractivity contribution in [3.8, 4) is 0 Å². The van der Waals surface area contributed by atoms with Crippen molar-refractivity contribution in [3.05, 3.63) is 34.6 Å². The fourth-order valence-electron chi connectivity index (χ4n) is 1.67. The molecule has 0 aromatic heterocycles. The molecule has 106 valence electrons. The Morgan fingerprint density at radius 3 is 2.68 bits per heavy atom. The van der Waals surface area contributed by atoms with Gasteiger partial charge >= 0.3 is 5.97 Å². The van der Waals surface area contributed by atoms with E-state index in [1.54, 1.807) is 13.0 Å². The number of carbonyl (C=O) groups excluding carboxylic acids is 1. The summed E-state index contributed by atoms with van der Waals surface area (Å²) in [6, 6.07) is 4.83. The lowest BCUT2D eigenvalue weighted by Crippen LogP contribution is -2.36. The molecular formula is C14H19ClFNO2. The summed E-state index contributed by atoms with van der Waals surface area (Å²) in [5.41, 5.74) is 0.778. The summed E-state index contributed by atoms with van der Waals surface area (Å²) in [5, 5.41) is 0.102. The number of hydrogen-bond acceptors (Lipinski definition) is 3. The van der Waals surface area contributed by atoms with Crippen molar-refractivity contribution in [2.75, 3.05) is 13.2 Å². The summed E-state index contributed by atoms with van der Waals surface area (Å²) in [4.78, 5) is 13.4. The van der Waals surface area contributed by atoms with Crippen molar-refractivity contribution < 1.29 is 13.9 Å². The van der Waals surface area contributed by atoms with Crippen LogP contribution in [0.25, 0.3) is 0 Å². The smallest absolute Gasteiger partial charge is 0.320 e. The lowest BCUT2D eigenvalue weighted by molar-refractivity contribution is -0.145. The third kappa shape index (κ3) is 5.17. The molecule has 0 unspecified atom stereocenters. The van der Waals surface area contributed by atoms with Crippen LogP contribution < -0.4 is 0 Å². The molecule has 0 aliphatic rings. The van der Waals surface area contributed by atoms with Gasteiger partial charge in [0.15, 0.2) is 0 Å². The first-order valence-electron chi connectivity index (χ1n) is 6.27. The predicted octanol–water partition coefficient (Wildman–Crippen LogP) is 3.25. The lowest BCUT2D eigenvalue weighted by atomic mass is 10.2. The number of esters is 1. The fraction of sp³-hybridized carbons (Fsp3) is 0.500. The van der Waals surface area contributed by atoms with Crippen LogP contribution >= 0.6 is 11.6 Å². The van der Waals surface area contributed by atoms with E-state index in [1.165, 1.54) is 12.1 Å². The lowest BCUT2D eigenvalue weighted by Gasteiger charge is -2.25. The van der Waals surface area contributed by atoms with Gasteiger partial charge in [-0.25, -0.2) is 4.39 Å². The highest BCUT2D eigenvalue weighted by Crippen LogP contribution is 2.17. The standard InChI is InChI=1S/C14H19ClFNO2/c1-4-19-14(18)9-17(10(2)3)8-11-5-6-12(15)13(16)7-11/h5-7,10H,4,8-9H2,1-3H3. The molecule has 0 amide bonds. The molecule has 19 heavy (non-hydrogen) atoms. The molecule has 0 heterocycles. The van der Waals surface area contributed by atoms with Gasteiger partial charge in [0.1, 0.15) is 5.82 Å². The topological polar surface area (TPSA) is 29.5 Å². The Bertz CT molecular complexity index is 437. The monoisotopic (exact) mass is 287 g/mol. The van der Waals surface area contributed by atoms with Crippen LogP contribution in [0.3, 0.4) is 0 Å². The molecule has 0 fully saturated rings. The zero-order valence-electron chi connectivity index (χ0n) is 11.5. The van der Waals surface area contributed by atoms with Gasteiger partial charge in [-0.3, -0.25) is 9.69 Å². The Balaban J connectivity index is 2.72. The van der Waals surface area contributed by atoms with E-state index < -0.39 is 5.82 Å². The van der Waals surface area contributed by atoms with Gasteiger partial charge in [-0.05, 0) is 38.5 Å². The van der Waals surface area contributed by atoms with E-state index >= 15 is 0 Å². The van der Waals surface area contributed by atoms with E-state index in [1.807, 2.05) is 18.7 Å². The number of rotatable bonds is 6. The summed E-state index contributed by atoms with van der Waals surface area (Å²) < 4.78 is 18.3. The van der Waals surface area contributed by atoms with Gasteiger partial charge in [-0.15, -0.1) is 0 Å². The second-order valence-corrected chi connectivity index (χ2v) is 4.96. The van der Waals surface area contributed by atoms with Crippen LogP contribution in [0.5, 0.6) is 0 Å². The first kappa shape index (κ1) is 15.9. The summed E-state index contributed by atoms with van der Waals surface area (Å²) >= 11 is 5.64. The van der Waals surface area contributed by atoms with Crippen molar-refractivity contribution in [2.24, 2.45) is 0 Å². The maximum absolute atomic E-state index is 13.4. The summed E-state index contributed by atoms with van der Waals surface area (Å²) in [5.74, 6) is -0.718. The minimum absolute atomic E-state index is 0.102. The quantitative estimate of drug-likeness (QED) is 0.752. The molecule has 0 spiro atoms. The van der Waals surface area contributed by atoms with E-state index in [0.29, 0.717) is 13.2 Å². The van der Waals surface area contributed by atoms with Crippen molar-refractivity contribution in [2.45, 2.75) is 33.4 Å². The highest BCUT2D eigenvalue weighted by atomic mass is 35.5. The molecule has 5 heteroatoms. The number of hydrogen-bond donors (Lipinski definition) is 0. The van der Waals surface area contributed by atoms with E-state index in [0.717, 1.165) is 5.56 Å². The van der Waals surface area contributed by atoms with Gasteiger partial charge in [0.05, 0.1) is 18.2 Å². The largest absolute Gasteiger partial charge is 0.465 e. The van der Waals surface area contributed by atoms with E-state index in [9.17, 15) is 9.18 Å². The zero-order valence-corrected chi connectivity index (χ0v) is 12.2. The first-order chi connectivity index (χ1) is 8.93. The minimum atomic E-state index is -0.445. The van der Waals surface area contributed by atoms with E-state index in [4.69, 9.17) is 16.3 Å². The number of carbonyl (C=O) groups is 1. The van der Waals surface area contributed by atoms with Crippen LogP contribution in [0.2, 0.25) is 5.02 Å². The molecule has 1 aromatic rings. The third-order valence-corrected chi connectivity index (χ3v) is 3.04. The number of nitrogens with zero attached hydrogens (tertiary/aromatic N) is 1. The van der Waals surface area contributed by atoms with Crippen molar-refractivity contribution in [1.29, 1.82) is 0 Å². The van der Waals surface area contributed by atoms with Crippen LogP contribution in [0, 0.1) is 5.82 Å². The second kappa shape index (κ2) is 7.46. The van der Waals surface area contributed by atoms with Crippen molar-refractivity contribution in [1.82, 2.24) is 4.90 Å². The minimum Gasteiger partial charge on any atom is -0.465 e. The van der Waals surface area contributed by atoms with E-state index in [-0.39, 0.29) is 23.6 Å². The van der Waals surface area contributed by atoms with Crippen LogP contribution in [0.1, 0.15) is 26.3 Å². The Morgan fingerprint density at radius 1 is 1.47 bits per heavy atom. The van der Waals surface area contributed by atoms with Gasteiger partial charge < -0.3 is 4.74 Å². The number of benzene rings is 1. The number of halogens is 2. The molecule has 0 aliphatic heterocycles. The van der Waals surface area contributed by atoms with Gasteiger partial charge in [-0.1, -0.05) is 17.7 Å². The second-order valence-electron chi connectivity index (χ2n) is 4.55. The van der Waals surface area contributed by atoms with Gasteiger partial charge in [0.25, 0.3) is 0 Å². The highest BCUT2D eigenvalue weighted by molar-refractivity contribution is 6.30. The Kier molecular flexibility index (Phi) is 6.25.